The lowest BCUT2D eigenvalue weighted by molar-refractivity contribution is 0.0927. The van der Waals surface area contributed by atoms with Gasteiger partial charge in [0.25, 0.3) is 5.91 Å². The summed E-state index contributed by atoms with van der Waals surface area (Å²) in [5, 5.41) is 21.4. The van der Waals surface area contributed by atoms with Gasteiger partial charge in [-0.2, -0.15) is 0 Å². The number of phenolic OH excluding ortho intramolecular Hbond substituents is 2. The van der Waals surface area contributed by atoms with Gasteiger partial charge in [-0.25, -0.2) is 0 Å². The number of phenols is 2. The predicted molar refractivity (Wildman–Crippen MR) is 74.6 cm³/mol. The molecule has 20 heavy (non-hydrogen) atoms. The van der Waals surface area contributed by atoms with Crippen LogP contribution in [0.25, 0.3) is 11.3 Å². The zero-order valence-electron chi connectivity index (χ0n) is 10.8. The highest BCUT2D eigenvalue weighted by Crippen LogP contribution is 2.31. The van der Waals surface area contributed by atoms with Gasteiger partial charge in [-0.1, -0.05) is 6.08 Å². The van der Waals surface area contributed by atoms with Gasteiger partial charge in [0.05, 0.1) is 0 Å². The summed E-state index contributed by atoms with van der Waals surface area (Å²) in [4.78, 5) is 11.8. The van der Waals surface area contributed by atoms with Crippen molar-refractivity contribution in [3.63, 3.8) is 0 Å². The Labute approximate surface area is 116 Å². The van der Waals surface area contributed by atoms with Crippen LogP contribution < -0.4 is 5.32 Å². The maximum atomic E-state index is 11.8. The van der Waals surface area contributed by atoms with E-state index in [2.05, 4.69) is 11.9 Å². The van der Waals surface area contributed by atoms with Crippen LogP contribution in [-0.2, 0) is 0 Å². The van der Waals surface area contributed by atoms with Crippen molar-refractivity contribution in [1.82, 2.24) is 5.32 Å². The molecule has 1 amide bonds. The summed E-state index contributed by atoms with van der Waals surface area (Å²) in [6.45, 7) is 4.07. The van der Waals surface area contributed by atoms with Crippen LogP contribution in [0.15, 0.2) is 47.4 Å². The van der Waals surface area contributed by atoms with Gasteiger partial charge >= 0.3 is 0 Å². The molecule has 0 aliphatic carbocycles. The lowest BCUT2D eigenvalue weighted by Crippen LogP contribution is -2.23. The van der Waals surface area contributed by atoms with Gasteiger partial charge in [0.1, 0.15) is 5.76 Å². The number of benzene rings is 1. The average molecular weight is 273 g/mol. The fourth-order valence-electron chi connectivity index (χ4n) is 1.67. The number of aromatic hydroxyl groups is 2. The fraction of sp³-hybridized carbons (Fsp3) is 0.133. The van der Waals surface area contributed by atoms with Gasteiger partial charge in [-0.3, -0.25) is 4.79 Å². The summed E-state index contributed by atoms with van der Waals surface area (Å²) in [5.74, 6) is -0.120. The molecule has 2 aromatic rings. The van der Waals surface area contributed by atoms with E-state index in [0.29, 0.717) is 24.3 Å². The van der Waals surface area contributed by atoms with Crippen LogP contribution in [0.5, 0.6) is 11.5 Å². The Kier molecular flexibility index (Phi) is 4.10. The largest absolute Gasteiger partial charge is 0.504 e. The number of hydrogen-bond donors (Lipinski definition) is 3. The van der Waals surface area contributed by atoms with Crippen LogP contribution in [0.4, 0.5) is 0 Å². The number of amides is 1. The Morgan fingerprint density at radius 2 is 2.05 bits per heavy atom. The summed E-state index contributed by atoms with van der Waals surface area (Å²) >= 11 is 0. The molecule has 0 bridgehead atoms. The van der Waals surface area contributed by atoms with E-state index < -0.39 is 0 Å². The molecule has 104 valence electrons. The lowest BCUT2D eigenvalue weighted by atomic mass is 10.1. The van der Waals surface area contributed by atoms with Crippen LogP contribution in [0.1, 0.15) is 17.0 Å². The smallest absolute Gasteiger partial charge is 0.287 e. The van der Waals surface area contributed by atoms with E-state index in [1.54, 1.807) is 24.3 Å². The molecular weight excluding hydrogens is 258 g/mol. The van der Waals surface area contributed by atoms with E-state index in [0.717, 1.165) is 0 Å². The highest BCUT2D eigenvalue weighted by molar-refractivity contribution is 5.92. The highest BCUT2D eigenvalue weighted by atomic mass is 16.4. The van der Waals surface area contributed by atoms with Crippen molar-refractivity contribution in [2.45, 2.75) is 6.42 Å². The van der Waals surface area contributed by atoms with E-state index in [1.165, 1.54) is 12.1 Å². The van der Waals surface area contributed by atoms with Gasteiger partial charge in [0, 0.05) is 12.1 Å². The first kappa shape index (κ1) is 13.7. The Balaban J connectivity index is 2.13. The molecule has 0 fully saturated rings. The number of nitrogens with one attached hydrogen (secondary N) is 1. The van der Waals surface area contributed by atoms with Crippen LogP contribution in [-0.4, -0.2) is 22.7 Å². The Hall–Kier alpha value is -2.69. The maximum absolute atomic E-state index is 11.8. The molecule has 0 aliphatic rings. The molecule has 1 aromatic carbocycles. The Morgan fingerprint density at radius 1 is 1.25 bits per heavy atom. The first-order chi connectivity index (χ1) is 9.61. The second-order valence-corrected chi connectivity index (χ2v) is 4.20. The standard InChI is InChI=1S/C15H15NO4/c1-2-3-8-16-15(19)14-7-6-13(20-14)10-4-5-11(17)12(18)9-10/h2,4-7,9,17-18H,1,3,8H2,(H,16,19). The van der Waals surface area contributed by atoms with Gasteiger partial charge in [0.15, 0.2) is 17.3 Å². The molecule has 5 nitrogen and oxygen atoms in total. The number of hydrogen-bond acceptors (Lipinski definition) is 4. The summed E-state index contributed by atoms with van der Waals surface area (Å²) in [5.41, 5.74) is 0.574. The second kappa shape index (κ2) is 5.97. The molecule has 0 atom stereocenters. The zero-order valence-corrected chi connectivity index (χ0v) is 10.8. The molecule has 5 heteroatoms. The third-order valence-corrected chi connectivity index (χ3v) is 2.72. The van der Waals surface area contributed by atoms with E-state index in [9.17, 15) is 15.0 Å². The highest BCUT2D eigenvalue weighted by Gasteiger charge is 2.12. The van der Waals surface area contributed by atoms with Crippen molar-refractivity contribution in [3.8, 4) is 22.8 Å². The van der Waals surface area contributed by atoms with Crippen molar-refractivity contribution >= 4 is 5.91 Å². The first-order valence-corrected chi connectivity index (χ1v) is 6.13. The molecule has 3 N–H and O–H groups in total. The van der Waals surface area contributed by atoms with Gasteiger partial charge < -0.3 is 19.9 Å². The number of carbonyl (C=O) groups is 1. The van der Waals surface area contributed by atoms with Gasteiger partial charge in [0.2, 0.25) is 0 Å². The normalized spacial score (nSPS) is 10.2. The maximum Gasteiger partial charge on any atom is 0.287 e. The minimum atomic E-state index is -0.305. The minimum Gasteiger partial charge on any atom is -0.504 e. The van der Waals surface area contributed by atoms with E-state index in [1.807, 2.05) is 0 Å². The van der Waals surface area contributed by atoms with Crippen molar-refractivity contribution in [3.05, 3.63) is 48.7 Å². The predicted octanol–water partition coefficient (Wildman–Crippen LogP) is 2.66. The number of furan rings is 1. The van der Waals surface area contributed by atoms with Crippen LogP contribution in [0.2, 0.25) is 0 Å². The van der Waals surface area contributed by atoms with E-state index in [-0.39, 0.29) is 23.2 Å². The topological polar surface area (TPSA) is 82.7 Å². The molecule has 0 saturated carbocycles. The molecule has 0 unspecified atom stereocenters. The molecule has 0 aliphatic heterocycles. The fourth-order valence-corrected chi connectivity index (χ4v) is 1.67. The summed E-state index contributed by atoms with van der Waals surface area (Å²) < 4.78 is 5.43. The monoisotopic (exact) mass is 273 g/mol. The number of carbonyl (C=O) groups excluding carboxylic acids is 1. The molecule has 2 rings (SSSR count). The summed E-state index contributed by atoms with van der Waals surface area (Å²) in [6.07, 6.45) is 2.40. The van der Waals surface area contributed by atoms with Crippen molar-refractivity contribution in [2.24, 2.45) is 0 Å². The van der Waals surface area contributed by atoms with Gasteiger partial charge in [-0.15, -0.1) is 6.58 Å². The molecule has 0 radical (unpaired) electrons. The van der Waals surface area contributed by atoms with Crippen LogP contribution in [0, 0.1) is 0 Å². The molecule has 1 aromatic heterocycles. The van der Waals surface area contributed by atoms with Crippen molar-refractivity contribution in [2.75, 3.05) is 6.54 Å². The molecule has 0 spiro atoms. The Bertz CT molecular complexity index is 631. The Morgan fingerprint density at radius 3 is 2.75 bits per heavy atom. The average Bonchev–Trinajstić information content (AvgIpc) is 2.92. The summed E-state index contributed by atoms with van der Waals surface area (Å²) in [6, 6.07) is 7.51. The quantitative estimate of drug-likeness (QED) is 0.444. The van der Waals surface area contributed by atoms with Gasteiger partial charge in [-0.05, 0) is 36.8 Å². The third-order valence-electron chi connectivity index (χ3n) is 2.72. The minimum absolute atomic E-state index is 0.191. The lowest BCUT2D eigenvalue weighted by Gasteiger charge is -2.01. The summed E-state index contributed by atoms with van der Waals surface area (Å²) in [7, 11) is 0. The second-order valence-electron chi connectivity index (χ2n) is 4.20. The molecule has 1 heterocycles. The number of rotatable bonds is 5. The van der Waals surface area contributed by atoms with E-state index in [4.69, 9.17) is 4.42 Å². The SMILES string of the molecule is C=CCCNC(=O)c1ccc(-c2ccc(O)c(O)c2)o1. The van der Waals surface area contributed by atoms with Crippen molar-refractivity contribution in [1.29, 1.82) is 0 Å². The van der Waals surface area contributed by atoms with Crippen LogP contribution in [0.3, 0.4) is 0 Å². The van der Waals surface area contributed by atoms with E-state index >= 15 is 0 Å². The molecule has 0 saturated heterocycles. The van der Waals surface area contributed by atoms with Crippen molar-refractivity contribution < 1.29 is 19.4 Å². The first-order valence-electron chi connectivity index (χ1n) is 6.13. The third kappa shape index (κ3) is 3.00. The zero-order chi connectivity index (χ0) is 14.5. The van der Waals surface area contributed by atoms with Crippen LogP contribution >= 0.6 is 0 Å². The molecular formula is C15H15NO4.